The third-order valence-corrected chi connectivity index (χ3v) is 3.63. The molecule has 0 radical (unpaired) electrons. The Morgan fingerprint density at radius 2 is 1.95 bits per heavy atom. The highest BCUT2D eigenvalue weighted by Crippen LogP contribution is 2.36. The third kappa shape index (κ3) is 3.96. The maximum atomic E-state index is 12.8. The van der Waals surface area contributed by atoms with Crippen LogP contribution in [0, 0.1) is 0 Å². The maximum absolute atomic E-state index is 12.8. The van der Waals surface area contributed by atoms with Gasteiger partial charge in [0.05, 0.1) is 5.56 Å². The standard InChI is InChI=1S/C13H14BrF3N2/c14-11-6-5-9(8-10(11)13(15,16)17)19-12-4-2-1-3-7-18-12/h5-6,8H,1-4,7H2,(H,18,19). The average molecular weight is 335 g/mol. The molecule has 1 N–H and O–H groups in total. The van der Waals surface area contributed by atoms with Crippen molar-refractivity contribution in [3.05, 3.63) is 28.2 Å². The lowest BCUT2D eigenvalue weighted by Gasteiger charge is -2.13. The van der Waals surface area contributed by atoms with Crippen molar-refractivity contribution in [2.75, 3.05) is 11.9 Å². The van der Waals surface area contributed by atoms with E-state index in [-0.39, 0.29) is 4.47 Å². The first-order valence-corrected chi connectivity index (χ1v) is 6.93. The number of aliphatic imine (C=N–C) groups is 1. The van der Waals surface area contributed by atoms with Crippen molar-refractivity contribution in [2.24, 2.45) is 4.99 Å². The molecule has 19 heavy (non-hydrogen) atoms. The van der Waals surface area contributed by atoms with Crippen molar-refractivity contribution in [1.82, 2.24) is 0 Å². The van der Waals surface area contributed by atoms with Crippen LogP contribution in [0.3, 0.4) is 0 Å². The van der Waals surface area contributed by atoms with Crippen molar-refractivity contribution in [1.29, 1.82) is 0 Å². The van der Waals surface area contributed by atoms with Crippen LogP contribution in [0.1, 0.15) is 31.2 Å². The van der Waals surface area contributed by atoms with Crippen LogP contribution in [0.25, 0.3) is 0 Å². The lowest BCUT2D eigenvalue weighted by Crippen LogP contribution is -2.13. The first-order valence-electron chi connectivity index (χ1n) is 6.14. The van der Waals surface area contributed by atoms with Crippen LogP contribution in [0.5, 0.6) is 0 Å². The fraction of sp³-hybridized carbons (Fsp3) is 0.462. The summed E-state index contributed by atoms with van der Waals surface area (Å²) in [5, 5.41) is 2.99. The number of anilines is 1. The molecule has 0 aromatic heterocycles. The average Bonchev–Trinajstić information content (AvgIpc) is 2.59. The van der Waals surface area contributed by atoms with Crippen molar-refractivity contribution >= 4 is 27.5 Å². The molecule has 0 unspecified atom stereocenters. The van der Waals surface area contributed by atoms with Crippen LogP contribution >= 0.6 is 15.9 Å². The first kappa shape index (κ1) is 14.4. The predicted molar refractivity (Wildman–Crippen MR) is 73.5 cm³/mol. The molecule has 0 saturated carbocycles. The first-order chi connectivity index (χ1) is 8.97. The fourth-order valence-electron chi connectivity index (χ4n) is 1.96. The Morgan fingerprint density at radius 1 is 1.16 bits per heavy atom. The van der Waals surface area contributed by atoms with Crippen LogP contribution < -0.4 is 5.32 Å². The minimum atomic E-state index is -4.36. The van der Waals surface area contributed by atoms with Crippen molar-refractivity contribution in [3.63, 3.8) is 0 Å². The fourth-order valence-corrected chi connectivity index (χ4v) is 2.43. The zero-order chi connectivity index (χ0) is 13.9. The molecule has 0 bridgehead atoms. The summed E-state index contributed by atoms with van der Waals surface area (Å²) in [6.07, 6.45) is -0.393. The van der Waals surface area contributed by atoms with E-state index in [2.05, 4.69) is 26.2 Å². The Labute approximate surface area is 118 Å². The van der Waals surface area contributed by atoms with Gasteiger partial charge in [-0.3, -0.25) is 4.99 Å². The number of nitrogens with zero attached hydrogens (tertiary/aromatic N) is 1. The minimum absolute atomic E-state index is 0.0494. The molecular weight excluding hydrogens is 321 g/mol. The summed E-state index contributed by atoms with van der Waals surface area (Å²) in [5.74, 6) is 0.771. The smallest absolute Gasteiger partial charge is 0.344 e. The second-order valence-corrected chi connectivity index (χ2v) is 5.31. The summed E-state index contributed by atoms with van der Waals surface area (Å²) in [4.78, 5) is 4.35. The molecular formula is C13H14BrF3N2. The van der Waals surface area contributed by atoms with E-state index in [9.17, 15) is 13.2 Å². The number of benzene rings is 1. The van der Waals surface area contributed by atoms with Gasteiger partial charge in [-0.1, -0.05) is 22.4 Å². The van der Waals surface area contributed by atoms with Gasteiger partial charge in [0.1, 0.15) is 5.84 Å². The van der Waals surface area contributed by atoms with E-state index in [4.69, 9.17) is 0 Å². The molecule has 0 atom stereocenters. The molecule has 1 aliphatic rings. The molecule has 0 fully saturated rings. The summed E-state index contributed by atoms with van der Waals surface area (Å²) >= 11 is 2.93. The molecule has 104 valence electrons. The summed E-state index contributed by atoms with van der Waals surface area (Å²) < 4.78 is 38.4. The van der Waals surface area contributed by atoms with Crippen LogP contribution in [-0.4, -0.2) is 12.4 Å². The molecule has 0 saturated heterocycles. The van der Waals surface area contributed by atoms with Crippen molar-refractivity contribution in [2.45, 2.75) is 31.9 Å². The van der Waals surface area contributed by atoms with Crippen LogP contribution in [0.4, 0.5) is 18.9 Å². The van der Waals surface area contributed by atoms with Gasteiger partial charge < -0.3 is 5.32 Å². The number of nitrogens with one attached hydrogen (secondary N) is 1. The zero-order valence-corrected chi connectivity index (χ0v) is 11.8. The largest absolute Gasteiger partial charge is 0.417 e. The van der Waals surface area contributed by atoms with Gasteiger partial charge in [-0.25, -0.2) is 0 Å². The Kier molecular flexibility index (Phi) is 4.50. The predicted octanol–water partition coefficient (Wildman–Crippen LogP) is 4.85. The van der Waals surface area contributed by atoms with Crippen LogP contribution in [0.2, 0.25) is 0 Å². The Morgan fingerprint density at radius 3 is 2.68 bits per heavy atom. The summed E-state index contributed by atoms with van der Waals surface area (Å²) in [6.45, 7) is 0.741. The van der Waals surface area contributed by atoms with Gasteiger partial charge in [0.15, 0.2) is 0 Å². The highest BCUT2D eigenvalue weighted by Gasteiger charge is 2.33. The Bertz CT molecular complexity index is 483. The number of halogens is 4. The molecule has 0 aliphatic carbocycles. The van der Waals surface area contributed by atoms with Gasteiger partial charge in [-0.2, -0.15) is 13.2 Å². The van der Waals surface area contributed by atoms with Gasteiger partial charge in [-0.05, 0) is 31.0 Å². The topological polar surface area (TPSA) is 24.4 Å². The van der Waals surface area contributed by atoms with E-state index in [0.29, 0.717) is 5.69 Å². The molecule has 1 heterocycles. The van der Waals surface area contributed by atoms with Gasteiger partial charge >= 0.3 is 6.18 Å². The highest BCUT2D eigenvalue weighted by molar-refractivity contribution is 9.10. The molecule has 1 aliphatic heterocycles. The maximum Gasteiger partial charge on any atom is 0.417 e. The van der Waals surface area contributed by atoms with E-state index < -0.39 is 11.7 Å². The second kappa shape index (κ2) is 5.94. The summed E-state index contributed by atoms with van der Waals surface area (Å²) in [5.41, 5.74) is -0.247. The molecule has 6 heteroatoms. The molecule has 1 aromatic carbocycles. The number of hydrogen-bond donors (Lipinski definition) is 1. The quantitative estimate of drug-likeness (QED) is 0.779. The Balaban J connectivity index is 2.19. The number of amidine groups is 1. The van der Waals surface area contributed by atoms with Crippen LogP contribution in [0.15, 0.2) is 27.7 Å². The van der Waals surface area contributed by atoms with Crippen molar-refractivity contribution in [3.8, 4) is 0 Å². The van der Waals surface area contributed by atoms with E-state index >= 15 is 0 Å². The number of alkyl halides is 3. The highest BCUT2D eigenvalue weighted by atomic mass is 79.9. The van der Waals surface area contributed by atoms with Gasteiger partial charge in [0.25, 0.3) is 0 Å². The molecule has 0 spiro atoms. The number of rotatable bonds is 1. The van der Waals surface area contributed by atoms with Gasteiger partial charge in [0.2, 0.25) is 0 Å². The molecule has 2 rings (SSSR count). The van der Waals surface area contributed by atoms with E-state index in [1.165, 1.54) is 6.07 Å². The molecule has 0 amide bonds. The normalized spacial score (nSPS) is 16.7. The van der Waals surface area contributed by atoms with E-state index in [0.717, 1.165) is 44.1 Å². The Hall–Kier alpha value is -1.04. The monoisotopic (exact) mass is 334 g/mol. The molecule has 1 aromatic rings. The number of hydrogen-bond acceptors (Lipinski definition) is 2. The third-order valence-electron chi connectivity index (χ3n) is 2.93. The second-order valence-electron chi connectivity index (χ2n) is 4.46. The van der Waals surface area contributed by atoms with Gasteiger partial charge in [-0.15, -0.1) is 0 Å². The lowest BCUT2D eigenvalue weighted by atomic mass is 10.1. The van der Waals surface area contributed by atoms with Gasteiger partial charge in [0, 0.05) is 23.1 Å². The zero-order valence-electron chi connectivity index (χ0n) is 10.2. The van der Waals surface area contributed by atoms with E-state index in [1.54, 1.807) is 6.07 Å². The lowest BCUT2D eigenvalue weighted by molar-refractivity contribution is -0.138. The van der Waals surface area contributed by atoms with Crippen molar-refractivity contribution < 1.29 is 13.2 Å². The van der Waals surface area contributed by atoms with E-state index in [1.807, 2.05) is 0 Å². The summed E-state index contributed by atoms with van der Waals surface area (Å²) in [6, 6.07) is 4.13. The summed E-state index contributed by atoms with van der Waals surface area (Å²) in [7, 11) is 0. The molecule has 2 nitrogen and oxygen atoms in total. The minimum Gasteiger partial charge on any atom is -0.344 e. The van der Waals surface area contributed by atoms with Crippen LogP contribution in [-0.2, 0) is 6.18 Å². The SMILES string of the molecule is FC(F)(F)c1cc(NC2=NCCCCC2)ccc1Br.